The van der Waals surface area contributed by atoms with Crippen molar-refractivity contribution in [2.75, 3.05) is 13.1 Å². The van der Waals surface area contributed by atoms with Crippen molar-refractivity contribution in [3.8, 4) is 0 Å². The van der Waals surface area contributed by atoms with Crippen LogP contribution in [0.5, 0.6) is 0 Å². The molecule has 0 rings (SSSR count). The molecule has 0 spiro atoms. The molecule has 0 saturated carbocycles. The van der Waals surface area contributed by atoms with Gasteiger partial charge in [-0.25, -0.2) is 0 Å². The van der Waals surface area contributed by atoms with Gasteiger partial charge < -0.3 is 10.3 Å². The second kappa shape index (κ2) is 8.52. The van der Waals surface area contributed by atoms with Crippen molar-refractivity contribution in [3.05, 3.63) is 5.21 Å². The van der Waals surface area contributed by atoms with Gasteiger partial charge in [0.1, 0.15) is 0 Å². The largest absolute Gasteiger partial charge is 0.785 e. The summed E-state index contributed by atoms with van der Waals surface area (Å²) in [7, 11) is 0. The molecule has 0 radical (unpaired) electrons. The van der Waals surface area contributed by atoms with Gasteiger partial charge in [-0.15, -0.1) is 0 Å². The maximum atomic E-state index is 11.3. The molecule has 0 aromatic carbocycles. The minimum Gasteiger partial charge on any atom is -0.785 e. The highest BCUT2D eigenvalue weighted by molar-refractivity contribution is 4.65. The minimum atomic E-state index is 0.615. The summed E-state index contributed by atoms with van der Waals surface area (Å²) in [4.78, 5) is 0. The number of unbranched alkanes of at least 4 members (excludes halogenated alkanes) is 1. The molecule has 0 N–H and O–H groups in total. The molecular formula is C11H24NO-. The molecule has 0 aliphatic heterocycles. The van der Waals surface area contributed by atoms with Crippen molar-refractivity contribution in [3.63, 3.8) is 0 Å². The lowest BCUT2D eigenvalue weighted by Gasteiger charge is -2.31. The standard InChI is InChI=1S/C11H24NO/c1-4-7-8-11(6-3)10-12(13)9-5-2/h11H,4-10H2,1-3H3/q-1. The highest BCUT2D eigenvalue weighted by atomic mass is 16.5. The van der Waals surface area contributed by atoms with E-state index < -0.39 is 0 Å². The van der Waals surface area contributed by atoms with Crippen molar-refractivity contribution >= 4 is 0 Å². The summed E-state index contributed by atoms with van der Waals surface area (Å²) in [6.07, 6.45) is 5.83. The predicted octanol–water partition coefficient (Wildman–Crippen LogP) is 3.41. The zero-order valence-electron chi connectivity index (χ0n) is 9.38. The first-order valence-corrected chi connectivity index (χ1v) is 5.66. The Labute approximate surface area is 82.9 Å². The number of hydroxylamine groups is 2. The molecule has 0 aromatic rings. The zero-order chi connectivity index (χ0) is 10.1. The number of nitrogens with zero attached hydrogens (tertiary/aromatic N) is 1. The maximum absolute atomic E-state index is 11.3. The first-order valence-electron chi connectivity index (χ1n) is 5.66. The lowest BCUT2D eigenvalue weighted by molar-refractivity contribution is 0.287. The van der Waals surface area contributed by atoms with Crippen LogP contribution in [0.1, 0.15) is 52.9 Å². The fourth-order valence-electron chi connectivity index (χ4n) is 1.55. The monoisotopic (exact) mass is 186 g/mol. The SMILES string of the molecule is CCCCC(CC)CN([O-])CCC. The van der Waals surface area contributed by atoms with Crippen molar-refractivity contribution in [1.82, 2.24) is 5.06 Å². The number of hydrogen-bond acceptors (Lipinski definition) is 2. The van der Waals surface area contributed by atoms with E-state index in [0.29, 0.717) is 12.5 Å². The molecular weight excluding hydrogens is 162 g/mol. The van der Waals surface area contributed by atoms with E-state index in [-0.39, 0.29) is 0 Å². The Morgan fingerprint density at radius 3 is 2.31 bits per heavy atom. The van der Waals surface area contributed by atoms with E-state index in [0.717, 1.165) is 19.4 Å². The Kier molecular flexibility index (Phi) is 8.46. The topological polar surface area (TPSA) is 26.3 Å². The van der Waals surface area contributed by atoms with E-state index in [4.69, 9.17) is 0 Å². The van der Waals surface area contributed by atoms with Gasteiger partial charge in [-0.05, 0) is 31.8 Å². The zero-order valence-corrected chi connectivity index (χ0v) is 9.38. The van der Waals surface area contributed by atoms with Gasteiger partial charge in [0.05, 0.1) is 0 Å². The first-order chi connectivity index (χ1) is 6.24. The van der Waals surface area contributed by atoms with Crippen molar-refractivity contribution in [1.29, 1.82) is 0 Å². The summed E-state index contributed by atoms with van der Waals surface area (Å²) in [6, 6.07) is 0. The van der Waals surface area contributed by atoms with Crippen molar-refractivity contribution in [2.24, 2.45) is 5.92 Å². The van der Waals surface area contributed by atoms with E-state index in [1.165, 1.54) is 24.3 Å². The smallest absolute Gasteiger partial charge is 0.0116 e. The van der Waals surface area contributed by atoms with E-state index >= 15 is 0 Å². The van der Waals surface area contributed by atoms with Crippen LogP contribution in [0.25, 0.3) is 0 Å². The Bertz CT molecular complexity index is 106. The Morgan fingerprint density at radius 2 is 1.85 bits per heavy atom. The van der Waals surface area contributed by atoms with E-state index in [1.54, 1.807) is 0 Å². The van der Waals surface area contributed by atoms with Gasteiger partial charge in [0.15, 0.2) is 0 Å². The molecule has 0 bridgehead atoms. The fraction of sp³-hybridized carbons (Fsp3) is 1.00. The quantitative estimate of drug-likeness (QED) is 0.543. The maximum Gasteiger partial charge on any atom is -0.0116 e. The molecule has 2 heteroatoms. The van der Waals surface area contributed by atoms with Crippen molar-refractivity contribution in [2.45, 2.75) is 52.9 Å². The van der Waals surface area contributed by atoms with Crippen LogP contribution >= 0.6 is 0 Å². The molecule has 80 valence electrons. The summed E-state index contributed by atoms with van der Waals surface area (Å²) in [6.45, 7) is 7.87. The van der Waals surface area contributed by atoms with Crippen LogP contribution in [-0.2, 0) is 0 Å². The first kappa shape index (κ1) is 12.9. The van der Waals surface area contributed by atoms with Gasteiger partial charge >= 0.3 is 0 Å². The summed E-state index contributed by atoms with van der Waals surface area (Å²) < 4.78 is 0. The molecule has 0 aliphatic carbocycles. The third-order valence-corrected chi connectivity index (χ3v) is 2.48. The average molecular weight is 186 g/mol. The highest BCUT2D eigenvalue weighted by Crippen LogP contribution is 2.13. The predicted molar refractivity (Wildman–Crippen MR) is 58.5 cm³/mol. The highest BCUT2D eigenvalue weighted by Gasteiger charge is 2.05. The van der Waals surface area contributed by atoms with Crippen LogP contribution in [0.2, 0.25) is 0 Å². The van der Waals surface area contributed by atoms with Crippen LogP contribution in [0.4, 0.5) is 0 Å². The van der Waals surface area contributed by atoms with Crippen LogP contribution in [-0.4, -0.2) is 18.2 Å². The van der Waals surface area contributed by atoms with Gasteiger partial charge in [-0.1, -0.05) is 40.0 Å². The summed E-state index contributed by atoms with van der Waals surface area (Å²) >= 11 is 0. The van der Waals surface area contributed by atoms with Crippen LogP contribution < -0.4 is 0 Å². The molecule has 13 heavy (non-hydrogen) atoms. The van der Waals surface area contributed by atoms with Crippen LogP contribution in [0.3, 0.4) is 0 Å². The van der Waals surface area contributed by atoms with E-state index in [1.807, 2.05) is 0 Å². The van der Waals surface area contributed by atoms with Crippen molar-refractivity contribution < 1.29 is 0 Å². The summed E-state index contributed by atoms with van der Waals surface area (Å²) in [5, 5.41) is 12.5. The van der Waals surface area contributed by atoms with Gasteiger partial charge in [-0.2, -0.15) is 0 Å². The molecule has 2 nitrogen and oxygen atoms in total. The minimum absolute atomic E-state index is 0.615. The van der Waals surface area contributed by atoms with Gasteiger partial charge in [0, 0.05) is 0 Å². The molecule has 0 aliphatic rings. The third kappa shape index (κ3) is 7.03. The Morgan fingerprint density at radius 1 is 1.15 bits per heavy atom. The Balaban J connectivity index is 3.56. The normalized spacial score (nSPS) is 13.6. The number of rotatable bonds is 8. The van der Waals surface area contributed by atoms with E-state index in [2.05, 4.69) is 20.8 Å². The average Bonchev–Trinajstić information content (AvgIpc) is 2.12. The summed E-state index contributed by atoms with van der Waals surface area (Å²) in [5.41, 5.74) is 0. The molecule has 0 fully saturated rings. The Hall–Kier alpha value is -0.0800. The molecule has 0 saturated heterocycles. The number of hydrogen-bond donors (Lipinski definition) is 0. The third-order valence-electron chi connectivity index (χ3n) is 2.48. The molecule has 0 aromatic heterocycles. The van der Waals surface area contributed by atoms with Crippen LogP contribution in [0.15, 0.2) is 0 Å². The van der Waals surface area contributed by atoms with E-state index in [9.17, 15) is 5.21 Å². The fourth-order valence-corrected chi connectivity index (χ4v) is 1.55. The van der Waals surface area contributed by atoms with Gasteiger partial charge in [-0.3, -0.25) is 0 Å². The molecule has 1 unspecified atom stereocenters. The second-order valence-electron chi connectivity index (χ2n) is 3.80. The molecule has 0 heterocycles. The van der Waals surface area contributed by atoms with Crippen LogP contribution in [0, 0.1) is 11.1 Å². The lowest BCUT2D eigenvalue weighted by atomic mass is 9.99. The lowest BCUT2D eigenvalue weighted by Crippen LogP contribution is -2.24. The van der Waals surface area contributed by atoms with Gasteiger partial charge in [0.2, 0.25) is 0 Å². The summed E-state index contributed by atoms with van der Waals surface area (Å²) in [5.74, 6) is 0.615. The van der Waals surface area contributed by atoms with Gasteiger partial charge in [0.25, 0.3) is 0 Å². The second-order valence-corrected chi connectivity index (χ2v) is 3.80. The molecule has 1 atom stereocenters. The molecule has 0 amide bonds.